The van der Waals surface area contributed by atoms with E-state index in [0.29, 0.717) is 5.56 Å². The molecule has 0 aromatic carbocycles. The lowest BCUT2D eigenvalue weighted by atomic mass is 9.96. The van der Waals surface area contributed by atoms with Crippen molar-refractivity contribution >= 4 is 0 Å². The second-order valence-corrected chi connectivity index (χ2v) is 3.34. The van der Waals surface area contributed by atoms with Gasteiger partial charge in [0, 0.05) is 12.4 Å². The summed E-state index contributed by atoms with van der Waals surface area (Å²) in [7, 11) is 0. The van der Waals surface area contributed by atoms with E-state index >= 15 is 0 Å². The predicted octanol–water partition coefficient (Wildman–Crippen LogP) is 0.886. The smallest absolute Gasteiger partial charge is 0.107 e. The van der Waals surface area contributed by atoms with Crippen LogP contribution in [0, 0.1) is 0 Å². The molecule has 0 aliphatic rings. The Morgan fingerprint density at radius 1 is 1.33 bits per heavy atom. The van der Waals surface area contributed by atoms with E-state index in [9.17, 15) is 10.2 Å². The van der Waals surface area contributed by atoms with Gasteiger partial charge in [-0.05, 0) is 31.5 Å². The van der Waals surface area contributed by atoms with Gasteiger partial charge >= 0.3 is 0 Å². The quantitative estimate of drug-likeness (QED) is 0.687. The van der Waals surface area contributed by atoms with Crippen LogP contribution in [0.3, 0.4) is 0 Å². The normalized spacial score (nSPS) is 14.3. The molecular weight excluding hydrogens is 154 g/mol. The number of pyridine rings is 1. The fourth-order valence-electron chi connectivity index (χ4n) is 0.954. The van der Waals surface area contributed by atoms with Gasteiger partial charge in [0.05, 0.1) is 5.60 Å². The zero-order chi connectivity index (χ0) is 9.19. The highest BCUT2D eigenvalue weighted by Gasteiger charge is 2.25. The molecule has 0 fully saturated rings. The van der Waals surface area contributed by atoms with Crippen LogP contribution >= 0.6 is 0 Å². The average molecular weight is 167 g/mol. The van der Waals surface area contributed by atoms with Crippen molar-refractivity contribution in [3.05, 3.63) is 30.1 Å². The molecule has 1 atom stereocenters. The molecule has 0 saturated carbocycles. The van der Waals surface area contributed by atoms with E-state index in [2.05, 4.69) is 4.98 Å². The van der Waals surface area contributed by atoms with Gasteiger partial charge in [0.15, 0.2) is 0 Å². The van der Waals surface area contributed by atoms with Crippen molar-refractivity contribution < 1.29 is 10.2 Å². The molecule has 3 heteroatoms. The van der Waals surface area contributed by atoms with Crippen LogP contribution in [0.25, 0.3) is 0 Å². The highest BCUT2D eigenvalue weighted by Crippen LogP contribution is 2.23. The van der Waals surface area contributed by atoms with Gasteiger partial charge in [0.25, 0.3) is 0 Å². The number of hydrogen-bond acceptors (Lipinski definition) is 3. The molecule has 0 bridgehead atoms. The van der Waals surface area contributed by atoms with Crippen molar-refractivity contribution in [2.24, 2.45) is 0 Å². The Kier molecular flexibility index (Phi) is 2.45. The molecule has 1 rings (SSSR count). The fourth-order valence-corrected chi connectivity index (χ4v) is 0.954. The molecule has 0 radical (unpaired) electrons. The van der Waals surface area contributed by atoms with E-state index in [0.717, 1.165) is 0 Å². The van der Waals surface area contributed by atoms with E-state index in [1.807, 2.05) is 0 Å². The molecule has 12 heavy (non-hydrogen) atoms. The lowest BCUT2D eigenvalue weighted by Crippen LogP contribution is -2.28. The van der Waals surface area contributed by atoms with Gasteiger partial charge in [0.2, 0.25) is 0 Å². The minimum absolute atomic E-state index is 0.678. The summed E-state index contributed by atoms with van der Waals surface area (Å²) in [5.41, 5.74) is -0.432. The highest BCUT2D eigenvalue weighted by molar-refractivity contribution is 5.15. The van der Waals surface area contributed by atoms with Crippen molar-refractivity contribution in [3.8, 4) is 0 Å². The van der Waals surface area contributed by atoms with Crippen LogP contribution < -0.4 is 0 Å². The summed E-state index contributed by atoms with van der Waals surface area (Å²) in [5.74, 6) is 0. The van der Waals surface area contributed by atoms with E-state index in [-0.39, 0.29) is 0 Å². The van der Waals surface area contributed by atoms with E-state index in [1.165, 1.54) is 0 Å². The van der Waals surface area contributed by atoms with Gasteiger partial charge in [-0.1, -0.05) is 0 Å². The Morgan fingerprint density at radius 2 is 1.83 bits per heavy atom. The van der Waals surface area contributed by atoms with Gasteiger partial charge in [-0.25, -0.2) is 0 Å². The summed E-state index contributed by atoms with van der Waals surface area (Å²) in [6, 6.07) is 3.37. The molecule has 0 saturated heterocycles. The molecule has 0 aliphatic carbocycles. The van der Waals surface area contributed by atoms with Gasteiger partial charge in [-0.3, -0.25) is 4.98 Å². The Labute approximate surface area is 71.7 Å². The number of aliphatic hydroxyl groups is 2. The molecular formula is C9H13NO2. The summed E-state index contributed by atoms with van der Waals surface area (Å²) in [6.45, 7) is 3.14. The Balaban J connectivity index is 2.86. The zero-order valence-corrected chi connectivity index (χ0v) is 7.23. The number of rotatable bonds is 2. The monoisotopic (exact) mass is 167 g/mol. The van der Waals surface area contributed by atoms with E-state index < -0.39 is 11.7 Å². The third-order valence-corrected chi connectivity index (χ3v) is 1.69. The van der Waals surface area contributed by atoms with Crippen molar-refractivity contribution in [2.45, 2.75) is 25.6 Å². The Bertz CT molecular complexity index is 240. The second kappa shape index (κ2) is 3.21. The minimum atomic E-state index is -1.11. The first-order valence-corrected chi connectivity index (χ1v) is 3.82. The first-order valence-electron chi connectivity index (χ1n) is 3.82. The van der Waals surface area contributed by atoms with E-state index in [4.69, 9.17) is 0 Å². The maximum atomic E-state index is 9.58. The lowest BCUT2D eigenvalue weighted by molar-refractivity contribution is -0.0497. The van der Waals surface area contributed by atoms with Crippen molar-refractivity contribution in [1.29, 1.82) is 0 Å². The molecule has 2 N–H and O–H groups in total. The first-order chi connectivity index (χ1) is 5.52. The third-order valence-electron chi connectivity index (χ3n) is 1.69. The fraction of sp³-hybridized carbons (Fsp3) is 0.444. The van der Waals surface area contributed by atoms with Gasteiger partial charge in [-0.15, -0.1) is 0 Å². The summed E-state index contributed by atoms with van der Waals surface area (Å²) in [5, 5.41) is 19.0. The Hall–Kier alpha value is -0.930. The van der Waals surface area contributed by atoms with Crippen LogP contribution in [0.5, 0.6) is 0 Å². The van der Waals surface area contributed by atoms with Crippen LogP contribution in [0.15, 0.2) is 24.5 Å². The summed E-state index contributed by atoms with van der Waals surface area (Å²) >= 11 is 0. The molecule has 3 nitrogen and oxygen atoms in total. The number of aliphatic hydroxyl groups excluding tert-OH is 1. The summed E-state index contributed by atoms with van der Waals surface area (Å²) in [4.78, 5) is 3.82. The molecule has 0 spiro atoms. The van der Waals surface area contributed by atoms with Gasteiger partial charge < -0.3 is 10.2 Å². The predicted molar refractivity (Wildman–Crippen MR) is 45.5 cm³/mol. The topological polar surface area (TPSA) is 53.4 Å². The SMILES string of the molecule is CC(C)(O)C(O)c1ccncc1. The molecule has 0 amide bonds. The van der Waals surface area contributed by atoms with Crippen molar-refractivity contribution in [3.63, 3.8) is 0 Å². The van der Waals surface area contributed by atoms with Crippen LogP contribution in [0.1, 0.15) is 25.5 Å². The highest BCUT2D eigenvalue weighted by atomic mass is 16.3. The number of nitrogens with zero attached hydrogens (tertiary/aromatic N) is 1. The molecule has 1 aromatic rings. The maximum Gasteiger partial charge on any atom is 0.107 e. The lowest BCUT2D eigenvalue weighted by Gasteiger charge is -2.24. The second-order valence-electron chi connectivity index (χ2n) is 3.34. The third kappa shape index (κ3) is 2.03. The molecule has 1 unspecified atom stereocenters. The summed E-state index contributed by atoms with van der Waals surface area (Å²) in [6.07, 6.45) is 2.31. The van der Waals surface area contributed by atoms with Crippen molar-refractivity contribution in [2.75, 3.05) is 0 Å². The molecule has 1 aromatic heterocycles. The standard InChI is InChI=1S/C9H13NO2/c1-9(2,12)8(11)7-3-5-10-6-4-7/h3-6,8,11-12H,1-2H3. The van der Waals surface area contributed by atoms with Crippen LogP contribution in [0.2, 0.25) is 0 Å². The van der Waals surface area contributed by atoms with Crippen molar-refractivity contribution in [1.82, 2.24) is 4.98 Å². The summed E-state index contributed by atoms with van der Waals surface area (Å²) < 4.78 is 0. The average Bonchev–Trinajstić information content (AvgIpc) is 2.03. The van der Waals surface area contributed by atoms with Crippen LogP contribution in [0.4, 0.5) is 0 Å². The minimum Gasteiger partial charge on any atom is -0.387 e. The molecule has 0 aliphatic heterocycles. The first kappa shape index (κ1) is 9.16. The Morgan fingerprint density at radius 3 is 2.25 bits per heavy atom. The van der Waals surface area contributed by atoms with Crippen LogP contribution in [-0.2, 0) is 0 Å². The molecule has 66 valence electrons. The van der Waals surface area contributed by atoms with E-state index in [1.54, 1.807) is 38.4 Å². The molecule has 1 heterocycles. The largest absolute Gasteiger partial charge is 0.387 e. The number of aromatic nitrogens is 1. The maximum absolute atomic E-state index is 9.58. The van der Waals surface area contributed by atoms with Gasteiger partial charge in [0.1, 0.15) is 6.10 Å². The number of hydrogen-bond donors (Lipinski definition) is 2. The van der Waals surface area contributed by atoms with Gasteiger partial charge in [-0.2, -0.15) is 0 Å². The zero-order valence-electron chi connectivity index (χ0n) is 7.23. The van der Waals surface area contributed by atoms with Crippen LogP contribution in [-0.4, -0.2) is 20.8 Å².